The number of aliphatic carboxylic acids is 1. The number of nitrogens with zero attached hydrogens (tertiary/aromatic N) is 1. The zero-order valence-corrected chi connectivity index (χ0v) is 35.0. The average molecular weight is 749 g/mol. The number of fused-ring (bicyclic) bond motifs is 7. The topological polar surface area (TPSA) is 113 Å². The second-order valence-electron chi connectivity index (χ2n) is 22.1. The van der Waals surface area contributed by atoms with Crippen LogP contribution in [0.1, 0.15) is 158 Å². The monoisotopic (exact) mass is 749 g/mol. The summed E-state index contributed by atoms with van der Waals surface area (Å²) in [6.07, 6.45) is 14.6. The highest BCUT2D eigenvalue weighted by Crippen LogP contribution is 2.78. The second kappa shape index (κ2) is 13.6. The molecule has 7 rings (SSSR count). The van der Waals surface area contributed by atoms with Gasteiger partial charge in [-0.05, 0) is 147 Å². The summed E-state index contributed by atoms with van der Waals surface area (Å²) >= 11 is 0. The number of rotatable bonds is 10. The highest BCUT2D eigenvalue weighted by atomic mass is 16.5. The van der Waals surface area contributed by atoms with Gasteiger partial charge in [0.15, 0.2) is 0 Å². The molecule has 1 heterocycles. The molecule has 1 unspecified atom stereocenters. The van der Waals surface area contributed by atoms with E-state index in [1.807, 2.05) is 13.8 Å². The summed E-state index contributed by atoms with van der Waals surface area (Å²) < 4.78 is 6.29. The van der Waals surface area contributed by atoms with Crippen molar-refractivity contribution in [2.45, 2.75) is 170 Å². The number of amides is 2. The Morgan fingerprint density at radius 3 is 2.22 bits per heavy atom. The lowest BCUT2D eigenvalue weighted by atomic mass is 9.32. The van der Waals surface area contributed by atoms with Crippen LogP contribution in [0.3, 0.4) is 0 Å². The van der Waals surface area contributed by atoms with Gasteiger partial charge in [0, 0.05) is 36.9 Å². The van der Waals surface area contributed by atoms with Gasteiger partial charge in [0.1, 0.15) is 6.10 Å². The summed E-state index contributed by atoms with van der Waals surface area (Å²) in [5.41, 5.74) is 1.00. The Morgan fingerprint density at radius 2 is 1.56 bits per heavy atom. The van der Waals surface area contributed by atoms with Crippen molar-refractivity contribution in [3.63, 3.8) is 0 Å². The maximum atomic E-state index is 14.2. The molecule has 1 aliphatic heterocycles. The van der Waals surface area contributed by atoms with Gasteiger partial charge in [0.05, 0.1) is 12.8 Å². The van der Waals surface area contributed by atoms with Gasteiger partial charge >= 0.3 is 11.9 Å². The number of ether oxygens (including phenoxy) is 1. The lowest BCUT2D eigenvalue weighted by Crippen LogP contribution is -2.67. The first-order chi connectivity index (χ1) is 25.2. The number of nitrogens with one attached hydrogen (secondary N) is 1. The van der Waals surface area contributed by atoms with E-state index >= 15 is 0 Å². The summed E-state index contributed by atoms with van der Waals surface area (Å²) in [4.78, 5) is 53.5. The number of carboxylic acid groups (broad SMARTS) is 1. The number of carbonyl (C=O) groups excluding carboxylic acids is 3. The van der Waals surface area contributed by atoms with Crippen LogP contribution in [0.4, 0.5) is 0 Å². The highest BCUT2D eigenvalue weighted by molar-refractivity contribution is 5.82. The fourth-order valence-electron chi connectivity index (χ4n) is 15.0. The van der Waals surface area contributed by atoms with E-state index < -0.39 is 11.4 Å². The molecule has 6 aliphatic carbocycles. The van der Waals surface area contributed by atoms with E-state index in [2.05, 4.69) is 58.3 Å². The van der Waals surface area contributed by atoms with Gasteiger partial charge in [-0.25, -0.2) is 0 Å². The molecular formula is C46H72N2O6. The molecule has 0 radical (unpaired) electrons. The van der Waals surface area contributed by atoms with E-state index in [9.17, 15) is 24.3 Å². The van der Waals surface area contributed by atoms with Crippen LogP contribution in [0.25, 0.3) is 0 Å². The molecule has 8 heteroatoms. The average Bonchev–Trinajstić information content (AvgIpc) is 3.69. The molecular weight excluding hydrogens is 677 g/mol. The van der Waals surface area contributed by atoms with Crippen molar-refractivity contribution in [3.05, 3.63) is 12.2 Å². The van der Waals surface area contributed by atoms with Gasteiger partial charge in [-0.1, -0.05) is 60.6 Å². The summed E-state index contributed by atoms with van der Waals surface area (Å²) in [5.74, 6) is 2.05. The minimum absolute atomic E-state index is 0.0213. The van der Waals surface area contributed by atoms with E-state index in [0.717, 1.165) is 64.3 Å². The zero-order valence-electron chi connectivity index (χ0n) is 35.0. The summed E-state index contributed by atoms with van der Waals surface area (Å²) in [5, 5.41) is 12.6. The number of hydrogen-bond acceptors (Lipinski definition) is 5. The molecule has 1 saturated heterocycles. The first-order valence-corrected chi connectivity index (χ1v) is 21.8. The fourth-order valence-corrected chi connectivity index (χ4v) is 15.0. The molecule has 0 spiro atoms. The van der Waals surface area contributed by atoms with Crippen molar-refractivity contribution < 1.29 is 29.0 Å². The second-order valence-corrected chi connectivity index (χ2v) is 22.1. The molecule has 0 aromatic rings. The van der Waals surface area contributed by atoms with Crippen molar-refractivity contribution in [1.29, 1.82) is 0 Å². The minimum atomic E-state index is -0.887. The molecule has 54 heavy (non-hydrogen) atoms. The largest absolute Gasteiger partial charge is 0.481 e. The normalized spacial score (nSPS) is 42.5. The Labute approximate surface area is 325 Å². The van der Waals surface area contributed by atoms with Gasteiger partial charge in [-0.15, -0.1) is 0 Å². The lowest BCUT2D eigenvalue weighted by Gasteiger charge is -2.73. The van der Waals surface area contributed by atoms with Gasteiger partial charge < -0.3 is 20.1 Å². The van der Waals surface area contributed by atoms with E-state index in [4.69, 9.17) is 4.74 Å². The van der Waals surface area contributed by atoms with Crippen LogP contribution in [0.2, 0.25) is 0 Å². The smallest absolute Gasteiger partial charge is 0.306 e. The van der Waals surface area contributed by atoms with Crippen LogP contribution in [-0.4, -0.2) is 59.0 Å². The SMILES string of the molecule is C=C(C)[C@@H]1CC[C@]2(CC(=O)N3CC[C@@H](NC(=O)C4CC4)C3)CC[C@]3(C)[C@H](CC[C@@H]4[C@@]5(C)CC[C@H](OC(=O)CC(C)(C)CC(=O)O)C(C)(C)C5CC[C@]43C)[C@@H]12. The van der Waals surface area contributed by atoms with E-state index in [1.165, 1.54) is 31.3 Å². The van der Waals surface area contributed by atoms with E-state index in [-0.39, 0.29) is 69.9 Å². The third kappa shape index (κ3) is 6.57. The predicted octanol–water partition coefficient (Wildman–Crippen LogP) is 8.96. The van der Waals surface area contributed by atoms with Gasteiger partial charge in [-0.3, -0.25) is 19.2 Å². The first-order valence-electron chi connectivity index (χ1n) is 21.8. The number of carboxylic acids is 1. The molecule has 7 aliphatic rings. The Balaban J connectivity index is 1.08. The van der Waals surface area contributed by atoms with Gasteiger partial charge in [0.2, 0.25) is 11.8 Å². The minimum Gasteiger partial charge on any atom is -0.481 e. The molecule has 0 aromatic heterocycles. The first kappa shape index (κ1) is 39.8. The number of carbonyl (C=O) groups is 4. The maximum absolute atomic E-state index is 14.2. The molecule has 2 N–H and O–H groups in total. The van der Waals surface area contributed by atoms with Crippen LogP contribution in [-0.2, 0) is 23.9 Å². The molecule has 8 nitrogen and oxygen atoms in total. The highest BCUT2D eigenvalue weighted by Gasteiger charge is 2.71. The van der Waals surface area contributed by atoms with Crippen molar-refractivity contribution in [2.24, 2.45) is 68.0 Å². The number of allylic oxidation sites excluding steroid dienone is 1. The quantitative estimate of drug-likeness (QED) is 0.170. The van der Waals surface area contributed by atoms with Gasteiger partial charge in [-0.2, -0.15) is 0 Å². The van der Waals surface area contributed by atoms with Crippen molar-refractivity contribution in [2.75, 3.05) is 13.1 Å². The Bertz CT molecular complexity index is 1550. The number of esters is 1. The summed E-state index contributed by atoms with van der Waals surface area (Å²) in [6.45, 7) is 24.4. The summed E-state index contributed by atoms with van der Waals surface area (Å²) in [6, 6.07) is 0.0894. The number of likely N-dealkylation sites (tertiary alicyclic amines) is 1. The van der Waals surface area contributed by atoms with Crippen LogP contribution in [0, 0.1) is 68.0 Å². The zero-order chi connectivity index (χ0) is 39.2. The Kier molecular flexibility index (Phi) is 10.1. The summed E-state index contributed by atoms with van der Waals surface area (Å²) in [7, 11) is 0. The van der Waals surface area contributed by atoms with E-state index in [1.54, 1.807) is 0 Å². The van der Waals surface area contributed by atoms with Gasteiger partial charge in [0.25, 0.3) is 0 Å². The molecule has 11 atom stereocenters. The predicted molar refractivity (Wildman–Crippen MR) is 210 cm³/mol. The van der Waals surface area contributed by atoms with Crippen molar-refractivity contribution >= 4 is 23.8 Å². The Hall–Kier alpha value is -2.38. The van der Waals surface area contributed by atoms with Crippen LogP contribution < -0.4 is 5.32 Å². The third-order valence-corrected chi connectivity index (χ3v) is 18.0. The van der Waals surface area contributed by atoms with E-state index in [0.29, 0.717) is 48.5 Å². The van der Waals surface area contributed by atoms with Crippen LogP contribution >= 0.6 is 0 Å². The van der Waals surface area contributed by atoms with Crippen LogP contribution in [0.5, 0.6) is 0 Å². The third-order valence-electron chi connectivity index (χ3n) is 18.0. The fraction of sp³-hybridized carbons (Fsp3) is 0.870. The molecule has 2 amide bonds. The standard InChI is InChI=1S/C46H72N2O6/c1-28(2)31-14-20-46(24-36(49)48-23-17-30(27-48)47-40(53)29-10-11-29)22-21-44(8)32(39(31)46)12-13-34-43(7)18-16-35(42(5,6)33(43)15-19-45(34,44)9)54-38(52)26-41(3,4)25-37(50)51/h29-35,39H,1,10-27H2,2-9H3,(H,47,53)(H,50,51)/t30-,31+,32-,33?,34-,35+,39-,43+,44-,45-,46-/m1/s1. The molecule has 7 fully saturated rings. The van der Waals surface area contributed by atoms with Crippen LogP contribution in [0.15, 0.2) is 12.2 Å². The van der Waals surface area contributed by atoms with Crippen molar-refractivity contribution in [3.8, 4) is 0 Å². The lowest BCUT2D eigenvalue weighted by molar-refractivity contribution is -0.250. The van der Waals surface area contributed by atoms with Crippen molar-refractivity contribution in [1.82, 2.24) is 10.2 Å². The Morgan fingerprint density at radius 1 is 0.833 bits per heavy atom. The molecule has 0 bridgehead atoms. The molecule has 6 saturated carbocycles. The number of hydrogen-bond donors (Lipinski definition) is 2. The molecule has 0 aromatic carbocycles. The maximum Gasteiger partial charge on any atom is 0.306 e. The molecule has 302 valence electrons.